The molecule has 0 saturated heterocycles. The van der Waals surface area contributed by atoms with E-state index in [0.29, 0.717) is 18.0 Å². The zero-order chi connectivity index (χ0) is 18.6. The van der Waals surface area contributed by atoms with Crippen LogP contribution in [0.25, 0.3) is 0 Å². The van der Waals surface area contributed by atoms with Gasteiger partial charge in [-0.1, -0.05) is 24.6 Å². The van der Waals surface area contributed by atoms with E-state index in [0.717, 1.165) is 31.0 Å². The third kappa shape index (κ3) is 4.14. The lowest BCUT2D eigenvalue weighted by Gasteiger charge is -2.36. The van der Waals surface area contributed by atoms with Crippen LogP contribution in [0.15, 0.2) is 36.5 Å². The quantitative estimate of drug-likeness (QED) is 0.885. The largest absolute Gasteiger partial charge is 0.481 e. The molecule has 1 aromatic carbocycles. The van der Waals surface area contributed by atoms with Gasteiger partial charge < -0.3 is 10.1 Å². The highest BCUT2D eigenvalue weighted by atomic mass is 16.5. The van der Waals surface area contributed by atoms with Crippen LogP contribution in [0.2, 0.25) is 0 Å². The lowest BCUT2D eigenvalue weighted by atomic mass is 9.91. The van der Waals surface area contributed by atoms with Crippen molar-refractivity contribution < 1.29 is 9.53 Å². The Morgan fingerprint density at radius 1 is 1.19 bits per heavy atom. The first kappa shape index (κ1) is 18.0. The first-order valence-corrected chi connectivity index (χ1v) is 9.86. The molecule has 1 aliphatic carbocycles. The second-order valence-electron chi connectivity index (χ2n) is 7.50. The Bertz CT molecular complexity index is 800. The maximum absolute atomic E-state index is 12.3. The van der Waals surface area contributed by atoms with Gasteiger partial charge in [-0.05, 0) is 48.4 Å². The highest BCUT2D eigenvalue weighted by Gasteiger charge is 2.26. The highest BCUT2D eigenvalue weighted by Crippen LogP contribution is 2.27. The summed E-state index contributed by atoms with van der Waals surface area (Å²) in [5, 5.41) is 2.99. The summed E-state index contributed by atoms with van der Waals surface area (Å²) < 4.78 is 5.03. The van der Waals surface area contributed by atoms with Crippen LogP contribution in [0.3, 0.4) is 0 Å². The van der Waals surface area contributed by atoms with Crippen molar-refractivity contribution in [1.29, 1.82) is 0 Å². The van der Waals surface area contributed by atoms with Crippen LogP contribution >= 0.6 is 0 Å². The summed E-state index contributed by atoms with van der Waals surface area (Å²) in [4.78, 5) is 19.1. The minimum Gasteiger partial charge on any atom is -0.481 e. The molecule has 142 valence electrons. The number of nitrogens with one attached hydrogen (secondary N) is 1. The molecule has 2 aliphatic rings. The molecule has 1 aromatic heterocycles. The Kier molecular flexibility index (Phi) is 5.39. The van der Waals surface area contributed by atoms with Gasteiger partial charge in [-0.25, -0.2) is 4.98 Å². The van der Waals surface area contributed by atoms with Crippen molar-refractivity contribution >= 4 is 5.91 Å². The number of amides is 1. The Morgan fingerprint density at radius 3 is 2.67 bits per heavy atom. The normalized spacial score (nSPS) is 17.5. The Labute approximate surface area is 160 Å². The summed E-state index contributed by atoms with van der Waals surface area (Å²) in [5.74, 6) is 0.393. The summed E-state index contributed by atoms with van der Waals surface area (Å²) in [6.45, 7) is 2.87. The summed E-state index contributed by atoms with van der Waals surface area (Å²) in [6, 6.07) is 10.9. The smallest absolute Gasteiger partial charge is 0.253 e. The summed E-state index contributed by atoms with van der Waals surface area (Å²) in [6.07, 6.45) is 7.91. The Balaban J connectivity index is 1.36. The lowest BCUT2D eigenvalue weighted by Crippen LogP contribution is -2.41. The van der Waals surface area contributed by atoms with Crippen molar-refractivity contribution in [2.75, 3.05) is 20.2 Å². The molecule has 0 atom stereocenters. The number of hydrogen-bond acceptors (Lipinski definition) is 4. The summed E-state index contributed by atoms with van der Waals surface area (Å²) in [5.41, 5.74) is 4.60. The fraction of sp³-hybridized carbons (Fsp3) is 0.455. The van der Waals surface area contributed by atoms with E-state index in [9.17, 15) is 4.79 Å². The number of pyridine rings is 1. The molecule has 1 amide bonds. The van der Waals surface area contributed by atoms with Crippen LogP contribution in [-0.2, 0) is 19.4 Å². The SMILES string of the molecule is COc1ccc(C(=O)NCc2ccc3c(c2)CCN(C2CCC2)CC3)cn1. The van der Waals surface area contributed by atoms with Gasteiger partial charge in [-0.2, -0.15) is 0 Å². The maximum Gasteiger partial charge on any atom is 0.253 e. The third-order valence-electron chi connectivity index (χ3n) is 5.86. The van der Waals surface area contributed by atoms with Gasteiger partial charge in [0.15, 0.2) is 0 Å². The molecule has 4 rings (SSSR count). The zero-order valence-corrected chi connectivity index (χ0v) is 15.9. The third-order valence-corrected chi connectivity index (χ3v) is 5.86. The molecule has 0 radical (unpaired) electrons. The van der Waals surface area contributed by atoms with Crippen LogP contribution in [-0.4, -0.2) is 42.0 Å². The number of carbonyl (C=O) groups is 1. The molecule has 1 N–H and O–H groups in total. The van der Waals surface area contributed by atoms with Crippen LogP contribution in [0.4, 0.5) is 0 Å². The molecule has 5 heteroatoms. The predicted octanol–water partition coefficient (Wildman–Crippen LogP) is 2.97. The molecule has 2 heterocycles. The van der Waals surface area contributed by atoms with E-state index in [2.05, 4.69) is 33.4 Å². The monoisotopic (exact) mass is 365 g/mol. The van der Waals surface area contributed by atoms with E-state index < -0.39 is 0 Å². The van der Waals surface area contributed by atoms with Gasteiger partial charge in [-0.15, -0.1) is 0 Å². The van der Waals surface area contributed by atoms with Gasteiger partial charge >= 0.3 is 0 Å². The van der Waals surface area contributed by atoms with Gasteiger partial charge in [0.1, 0.15) is 0 Å². The van der Waals surface area contributed by atoms with E-state index in [-0.39, 0.29) is 5.91 Å². The van der Waals surface area contributed by atoms with E-state index in [1.165, 1.54) is 36.9 Å². The fourth-order valence-electron chi connectivity index (χ4n) is 3.94. The standard InChI is InChI=1S/C22H27N3O2/c1-27-21-8-7-19(15-23-21)22(26)24-14-16-5-6-17-9-11-25(20-3-2-4-20)12-10-18(17)13-16/h5-8,13,15,20H,2-4,9-12,14H2,1H3,(H,24,26). The molecule has 0 unspecified atom stereocenters. The Morgan fingerprint density at radius 2 is 2.00 bits per heavy atom. The van der Waals surface area contributed by atoms with Gasteiger partial charge in [0.05, 0.1) is 12.7 Å². The first-order chi connectivity index (χ1) is 13.2. The fourth-order valence-corrected chi connectivity index (χ4v) is 3.94. The van der Waals surface area contributed by atoms with Crippen molar-refractivity contribution in [2.45, 2.75) is 44.7 Å². The van der Waals surface area contributed by atoms with Crippen molar-refractivity contribution in [2.24, 2.45) is 0 Å². The van der Waals surface area contributed by atoms with E-state index >= 15 is 0 Å². The first-order valence-electron chi connectivity index (χ1n) is 9.86. The molecule has 1 fully saturated rings. The van der Waals surface area contributed by atoms with Gasteiger partial charge in [-0.3, -0.25) is 9.69 Å². The average molecular weight is 365 g/mol. The lowest BCUT2D eigenvalue weighted by molar-refractivity contribution is 0.0950. The van der Waals surface area contributed by atoms with Crippen LogP contribution in [0.5, 0.6) is 5.88 Å². The van der Waals surface area contributed by atoms with Crippen molar-refractivity contribution in [3.05, 3.63) is 58.8 Å². The van der Waals surface area contributed by atoms with Gasteiger partial charge in [0.2, 0.25) is 5.88 Å². The molecule has 0 spiro atoms. The highest BCUT2D eigenvalue weighted by molar-refractivity contribution is 5.93. The molecule has 1 saturated carbocycles. The maximum atomic E-state index is 12.3. The Hall–Kier alpha value is -2.40. The number of benzene rings is 1. The molecule has 5 nitrogen and oxygen atoms in total. The summed E-state index contributed by atoms with van der Waals surface area (Å²) in [7, 11) is 1.56. The molecule has 0 bridgehead atoms. The van der Waals surface area contributed by atoms with Crippen LogP contribution < -0.4 is 10.1 Å². The molecular formula is C22H27N3O2. The number of methoxy groups -OCH3 is 1. The van der Waals surface area contributed by atoms with E-state index in [1.54, 1.807) is 25.4 Å². The van der Waals surface area contributed by atoms with Crippen molar-refractivity contribution in [3.63, 3.8) is 0 Å². The van der Waals surface area contributed by atoms with Gasteiger partial charge in [0, 0.05) is 37.9 Å². The van der Waals surface area contributed by atoms with Crippen molar-refractivity contribution in [3.8, 4) is 5.88 Å². The number of carbonyl (C=O) groups excluding carboxylic acids is 1. The number of fused-ring (bicyclic) bond motifs is 1. The summed E-state index contributed by atoms with van der Waals surface area (Å²) >= 11 is 0. The second kappa shape index (κ2) is 8.09. The van der Waals surface area contributed by atoms with Crippen LogP contribution in [0.1, 0.15) is 46.3 Å². The number of nitrogens with zero attached hydrogens (tertiary/aromatic N) is 2. The second-order valence-corrected chi connectivity index (χ2v) is 7.50. The molecule has 1 aliphatic heterocycles. The molecule has 27 heavy (non-hydrogen) atoms. The number of aromatic nitrogens is 1. The minimum absolute atomic E-state index is 0.115. The zero-order valence-electron chi connectivity index (χ0n) is 15.9. The molecule has 2 aromatic rings. The number of ether oxygens (including phenoxy) is 1. The van der Waals surface area contributed by atoms with Crippen LogP contribution in [0, 0.1) is 0 Å². The van der Waals surface area contributed by atoms with E-state index in [1.807, 2.05) is 0 Å². The molecular weight excluding hydrogens is 338 g/mol. The average Bonchev–Trinajstić information content (AvgIpc) is 2.87. The predicted molar refractivity (Wildman–Crippen MR) is 105 cm³/mol. The van der Waals surface area contributed by atoms with Gasteiger partial charge in [0.25, 0.3) is 5.91 Å². The van der Waals surface area contributed by atoms with E-state index in [4.69, 9.17) is 4.74 Å². The van der Waals surface area contributed by atoms with Crippen molar-refractivity contribution in [1.82, 2.24) is 15.2 Å². The minimum atomic E-state index is -0.115. The number of rotatable bonds is 5. The topological polar surface area (TPSA) is 54.5 Å². The number of hydrogen-bond donors (Lipinski definition) is 1.